The van der Waals surface area contributed by atoms with Gasteiger partial charge in [-0.15, -0.1) is 0 Å². The largest absolute Gasteiger partial charge is 0.350 e. The number of aryl methyl sites for hydroxylation is 1. The Morgan fingerprint density at radius 1 is 1.20 bits per heavy atom. The number of hydrogen-bond donors (Lipinski definition) is 2. The maximum atomic E-state index is 12.2. The lowest BCUT2D eigenvalue weighted by atomic mass is 10.0. The maximum absolute atomic E-state index is 12.2. The van der Waals surface area contributed by atoms with E-state index in [0.717, 1.165) is 6.42 Å². The van der Waals surface area contributed by atoms with Gasteiger partial charge in [-0.2, -0.15) is 0 Å². The summed E-state index contributed by atoms with van der Waals surface area (Å²) in [6.07, 6.45) is 0.916. The van der Waals surface area contributed by atoms with Crippen LogP contribution in [-0.4, -0.2) is 17.5 Å². The molecule has 0 aromatic heterocycles. The third-order valence-electron chi connectivity index (χ3n) is 3.82. The average molecular weight is 276 g/mol. The van der Waals surface area contributed by atoms with Crippen LogP contribution in [-0.2, 0) is 4.79 Å². The van der Waals surface area contributed by atoms with Gasteiger partial charge in [0.2, 0.25) is 5.91 Å². The summed E-state index contributed by atoms with van der Waals surface area (Å²) in [4.78, 5) is 12.2. The summed E-state index contributed by atoms with van der Waals surface area (Å²) >= 11 is 0. The summed E-state index contributed by atoms with van der Waals surface area (Å²) in [6, 6.07) is 8.34. The van der Waals surface area contributed by atoms with E-state index in [0.29, 0.717) is 0 Å². The van der Waals surface area contributed by atoms with Crippen LogP contribution in [0.4, 0.5) is 0 Å². The molecule has 2 N–H and O–H groups in total. The highest BCUT2D eigenvalue weighted by atomic mass is 16.2. The van der Waals surface area contributed by atoms with Crippen LogP contribution < -0.4 is 10.6 Å². The highest BCUT2D eigenvalue weighted by Crippen LogP contribution is 2.14. The molecule has 0 radical (unpaired) electrons. The van der Waals surface area contributed by atoms with E-state index in [9.17, 15) is 4.79 Å². The van der Waals surface area contributed by atoms with E-state index in [1.54, 1.807) is 0 Å². The van der Waals surface area contributed by atoms with Crippen LogP contribution in [0.1, 0.15) is 58.2 Å². The molecule has 1 amide bonds. The Labute approximate surface area is 123 Å². The molecule has 0 heterocycles. The van der Waals surface area contributed by atoms with Gasteiger partial charge in [0.25, 0.3) is 0 Å². The smallest absolute Gasteiger partial charge is 0.237 e. The standard InChI is InChI=1S/C17H28N2O/c1-7-17(5,6)19-16(20)14(4)18-13(3)15-10-8-12(2)9-11-15/h8-11,13-14,18H,7H2,1-6H3,(H,19,20)/t13-,14?/m1/s1. The Balaban J connectivity index is 2.59. The van der Waals surface area contributed by atoms with E-state index in [2.05, 4.69) is 55.7 Å². The van der Waals surface area contributed by atoms with Crippen molar-refractivity contribution in [1.29, 1.82) is 0 Å². The molecule has 0 saturated heterocycles. The molecule has 0 aliphatic carbocycles. The van der Waals surface area contributed by atoms with Crippen LogP contribution in [0.25, 0.3) is 0 Å². The second-order valence-electron chi connectivity index (χ2n) is 6.25. The van der Waals surface area contributed by atoms with Gasteiger partial charge in [0.05, 0.1) is 6.04 Å². The SMILES string of the molecule is CCC(C)(C)NC(=O)C(C)N[C@H](C)c1ccc(C)cc1. The summed E-state index contributed by atoms with van der Waals surface area (Å²) in [6.45, 7) is 12.2. The van der Waals surface area contributed by atoms with Gasteiger partial charge < -0.3 is 5.32 Å². The average Bonchev–Trinajstić information content (AvgIpc) is 2.38. The van der Waals surface area contributed by atoms with Crippen LogP contribution >= 0.6 is 0 Å². The first-order chi connectivity index (χ1) is 9.25. The van der Waals surface area contributed by atoms with E-state index >= 15 is 0 Å². The Morgan fingerprint density at radius 3 is 2.25 bits per heavy atom. The number of nitrogens with one attached hydrogen (secondary N) is 2. The molecular weight excluding hydrogens is 248 g/mol. The molecule has 0 bridgehead atoms. The molecule has 0 aliphatic rings. The molecule has 0 fully saturated rings. The van der Waals surface area contributed by atoms with E-state index in [1.807, 2.05) is 20.8 Å². The first kappa shape index (κ1) is 16.7. The van der Waals surface area contributed by atoms with Crippen LogP contribution in [0.5, 0.6) is 0 Å². The van der Waals surface area contributed by atoms with E-state index in [4.69, 9.17) is 0 Å². The van der Waals surface area contributed by atoms with Gasteiger partial charge in [0, 0.05) is 11.6 Å². The van der Waals surface area contributed by atoms with Crippen molar-refractivity contribution >= 4 is 5.91 Å². The normalized spacial score (nSPS) is 14.7. The fraction of sp³-hybridized carbons (Fsp3) is 0.588. The molecule has 112 valence electrons. The van der Waals surface area contributed by atoms with Crippen LogP contribution in [0, 0.1) is 6.92 Å². The van der Waals surface area contributed by atoms with Crippen molar-refractivity contribution in [2.45, 2.75) is 65.6 Å². The van der Waals surface area contributed by atoms with Gasteiger partial charge in [-0.05, 0) is 46.6 Å². The zero-order valence-corrected chi connectivity index (χ0v) is 13.6. The molecule has 1 unspecified atom stereocenters. The number of rotatable bonds is 6. The Bertz CT molecular complexity index is 437. The second kappa shape index (κ2) is 6.89. The molecule has 0 spiro atoms. The zero-order valence-electron chi connectivity index (χ0n) is 13.6. The number of carbonyl (C=O) groups is 1. The molecule has 0 aliphatic heterocycles. The number of carbonyl (C=O) groups excluding carboxylic acids is 1. The summed E-state index contributed by atoms with van der Waals surface area (Å²) in [5, 5.41) is 6.42. The third kappa shape index (κ3) is 4.97. The number of hydrogen-bond acceptors (Lipinski definition) is 2. The number of benzene rings is 1. The van der Waals surface area contributed by atoms with Crippen molar-refractivity contribution in [3.05, 3.63) is 35.4 Å². The number of amides is 1. The van der Waals surface area contributed by atoms with Crippen LogP contribution in [0.2, 0.25) is 0 Å². The van der Waals surface area contributed by atoms with Crippen molar-refractivity contribution < 1.29 is 4.79 Å². The summed E-state index contributed by atoms with van der Waals surface area (Å²) in [5.74, 6) is 0.0517. The molecule has 1 aromatic rings. The molecule has 1 aromatic carbocycles. The van der Waals surface area contributed by atoms with Crippen LogP contribution in [0.15, 0.2) is 24.3 Å². The van der Waals surface area contributed by atoms with Crippen molar-refractivity contribution in [2.24, 2.45) is 0 Å². The molecule has 0 saturated carbocycles. The van der Waals surface area contributed by atoms with Gasteiger partial charge >= 0.3 is 0 Å². The Hall–Kier alpha value is -1.35. The minimum atomic E-state index is -0.211. The molecular formula is C17H28N2O. The van der Waals surface area contributed by atoms with Gasteiger partial charge in [-0.25, -0.2) is 0 Å². The lowest BCUT2D eigenvalue weighted by Crippen LogP contribution is -2.51. The second-order valence-corrected chi connectivity index (χ2v) is 6.25. The van der Waals surface area contributed by atoms with Gasteiger partial charge in [-0.1, -0.05) is 36.8 Å². The molecule has 1 rings (SSSR count). The molecule has 3 nitrogen and oxygen atoms in total. The fourth-order valence-electron chi connectivity index (χ4n) is 1.93. The van der Waals surface area contributed by atoms with Crippen molar-refractivity contribution in [1.82, 2.24) is 10.6 Å². The third-order valence-corrected chi connectivity index (χ3v) is 3.82. The molecule has 3 heteroatoms. The first-order valence-electron chi connectivity index (χ1n) is 7.40. The predicted molar refractivity (Wildman–Crippen MR) is 84.7 cm³/mol. The summed E-state index contributed by atoms with van der Waals surface area (Å²) in [7, 11) is 0. The monoisotopic (exact) mass is 276 g/mol. The quantitative estimate of drug-likeness (QED) is 0.836. The highest BCUT2D eigenvalue weighted by Gasteiger charge is 2.22. The lowest BCUT2D eigenvalue weighted by molar-refractivity contribution is -0.124. The highest BCUT2D eigenvalue weighted by molar-refractivity contribution is 5.82. The molecule has 20 heavy (non-hydrogen) atoms. The minimum Gasteiger partial charge on any atom is -0.350 e. The molecule has 2 atom stereocenters. The first-order valence-corrected chi connectivity index (χ1v) is 7.40. The topological polar surface area (TPSA) is 41.1 Å². The van der Waals surface area contributed by atoms with Gasteiger partial charge in [-0.3, -0.25) is 10.1 Å². The summed E-state index contributed by atoms with van der Waals surface area (Å²) in [5.41, 5.74) is 2.29. The van der Waals surface area contributed by atoms with Crippen molar-refractivity contribution in [3.63, 3.8) is 0 Å². The maximum Gasteiger partial charge on any atom is 0.237 e. The van der Waals surface area contributed by atoms with Crippen LogP contribution in [0.3, 0.4) is 0 Å². The van der Waals surface area contributed by atoms with E-state index in [1.165, 1.54) is 11.1 Å². The van der Waals surface area contributed by atoms with E-state index in [-0.39, 0.29) is 23.5 Å². The minimum absolute atomic E-state index is 0.0517. The van der Waals surface area contributed by atoms with Gasteiger partial charge in [0.1, 0.15) is 0 Å². The van der Waals surface area contributed by atoms with Crippen molar-refractivity contribution in [2.75, 3.05) is 0 Å². The van der Waals surface area contributed by atoms with Gasteiger partial charge in [0.15, 0.2) is 0 Å². The zero-order chi connectivity index (χ0) is 15.3. The Morgan fingerprint density at radius 2 is 1.75 bits per heavy atom. The predicted octanol–water partition coefficient (Wildman–Crippen LogP) is 3.34. The fourth-order valence-corrected chi connectivity index (χ4v) is 1.93. The van der Waals surface area contributed by atoms with E-state index < -0.39 is 0 Å². The lowest BCUT2D eigenvalue weighted by Gasteiger charge is -2.28. The van der Waals surface area contributed by atoms with Crippen molar-refractivity contribution in [3.8, 4) is 0 Å². The summed E-state index contributed by atoms with van der Waals surface area (Å²) < 4.78 is 0. The Kier molecular flexibility index (Phi) is 5.75.